The van der Waals surface area contributed by atoms with Gasteiger partial charge in [0.15, 0.2) is 6.10 Å². The average Bonchev–Trinajstić information content (AvgIpc) is 2.83. The molecular formula is C23H34N2O10S. The number of carboxylic acids is 1. The molecule has 1 aromatic carbocycles. The fourth-order valence-electron chi connectivity index (χ4n) is 3.32. The largest absolute Gasteiger partial charge is 0.479 e. The van der Waals surface area contributed by atoms with E-state index in [4.69, 9.17) is 14.2 Å². The molecule has 0 aliphatic carbocycles. The maximum atomic E-state index is 12.6. The van der Waals surface area contributed by atoms with Gasteiger partial charge in [-0.1, -0.05) is 19.9 Å². The molecule has 6 atom stereocenters. The van der Waals surface area contributed by atoms with Crippen molar-refractivity contribution in [2.45, 2.75) is 76.3 Å². The zero-order valence-corrected chi connectivity index (χ0v) is 21.2. The molecule has 1 aromatic rings. The number of amides is 1. The van der Waals surface area contributed by atoms with Gasteiger partial charge in [0.25, 0.3) is 0 Å². The average molecular weight is 531 g/mol. The molecule has 0 spiro atoms. The van der Waals surface area contributed by atoms with Crippen LogP contribution in [0.2, 0.25) is 0 Å². The summed E-state index contributed by atoms with van der Waals surface area (Å²) in [5.74, 6) is -1.37. The van der Waals surface area contributed by atoms with E-state index < -0.39 is 42.6 Å². The van der Waals surface area contributed by atoms with Gasteiger partial charge in [-0.2, -0.15) is 0 Å². The number of rotatable bonds is 13. The molecule has 13 heteroatoms. The lowest BCUT2D eigenvalue weighted by Gasteiger charge is -2.38. The van der Waals surface area contributed by atoms with Crippen LogP contribution >= 0.6 is 11.8 Å². The van der Waals surface area contributed by atoms with Crippen molar-refractivity contribution >= 4 is 35.3 Å². The standard InChI is InChI=1S/C23H34N2O10S/c1-4-17(27)33-11-13-6-7-15(14(10-13)25-16(26)8-9-24-12(3)36-5-2)34-23-20(30)18(28)19(29)21(35-23)22(31)32/h6-7,10,12,18-21,23-24,28-30H,4-5,8-9,11H2,1-3H3,(H,25,26)(H,31,32)/t12?,18-,19-,20+,21-,23+/m0/s1. The van der Waals surface area contributed by atoms with Crippen molar-refractivity contribution < 1.29 is 49.0 Å². The summed E-state index contributed by atoms with van der Waals surface area (Å²) >= 11 is 1.70. The van der Waals surface area contributed by atoms with Gasteiger partial charge >= 0.3 is 11.9 Å². The van der Waals surface area contributed by atoms with Crippen molar-refractivity contribution in [1.82, 2.24) is 5.32 Å². The molecule has 1 fully saturated rings. The summed E-state index contributed by atoms with van der Waals surface area (Å²) in [6.07, 6.45) is -8.64. The zero-order valence-electron chi connectivity index (χ0n) is 20.4. The van der Waals surface area contributed by atoms with Gasteiger partial charge in [-0.05, 0) is 30.4 Å². The van der Waals surface area contributed by atoms with Gasteiger partial charge in [0.1, 0.15) is 30.7 Å². The molecule has 1 saturated heterocycles. The Morgan fingerprint density at radius 1 is 1.14 bits per heavy atom. The summed E-state index contributed by atoms with van der Waals surface area (Å²) in [6, 6.07) is 4.48. The van der Waals surface area contributed by atoms with Crippen molar-refractivity contribution in [3.8, 4) is 5.75 Å². The number of ether oxygens (including phenoxy) is 3. The van der Waals surface area contributed by atoms with Gasteiger partial charge in [0, 0.05) is 19.4 Å². The second-order valence-corrected chi connectivity index (χ2v) is 9.67. The van der Waals surface area contributed by atoms with Crippen LogP contribution in [0.1, 0.15) is 39.2 Å². The van der Waals surface area contributed by atoms with Crippen LogP contribution in [-0.2, 0) is 30.5 Å². The molecule has 6 N–H and O–H groups in total. The van der Waals surface area contributed by atoms with E-state index in [-0.39, 0.29) is 42.2 Å². The Morgan fingerprint density at radius 3 is 2.50 bits per heavy atom. The van der Waals surface area contributed by atoms with Crippen molar-refractivity contribution in [1.29, 1.82) is 0 Å². The van der Waals surface area contributed by atoms with Crippen molar-refractivity contribution in [2.24, 2.45) is 0 Å². The number of anilines is 1. The van der Waals surface area contributed by atoms with Crippen LogP contribution in [0.25, 0.3) is 0 Å². The minimum Gasteiger partial charge on any atom is -0.479 e. The first-order chi connectivity index (χ1) is 17.1. The lowest BCUT2D eigenvalue weighted by molar-refractivity contribution is -0.271. The summed E-state index contributed by atoms with van der Waals surface area (Å²) in [6.45, 7) is 6.04. The molecule has 2 rings (SSSR count). The van der Waals surface area contributed by atoms with Crippen LogP contribution in [0, 0.1) is 0 Å². The summed E-state index contributed by atoms with van der Waals surface area (Å²) in [5.41, 5.74) is 0.693. The van der Waals surface area contributed by atoms with Gasteiger partial charge in [-0.3, -0.25) is 9.59 Å². The van der Waals surface area contributed by atoms with Gasteiger partial charge in [-0.25, -0.2) is 4.79 Å². The number of esters is 1. The number of carboxylic acid groups (broad SMARTS) is 1. The normalized spacial score (nSPS) is 24.6. The molecule has 12 nitrogen and oxygen atoms in total. The van der Waals surface area contributed by atoms with Gasteiger partial charge in [0.05, 0.1) is 11.1 Å². The summed E-state index contributed by atoms with van der Waals surface area (Å²) in [5, 5.41) is 45.5. The maximum absolute atomic E-state index is 12.6. The molecule has 0 bridgehead atoms. The fraction of sp³-hybridized carbons (Fsp3) is 0.609. The Hall–Kier alpha value is -2.42. The van der Waals surface area contributed by atoms with Gasteiger partial charge < -0.3 is 45.3 Å². The minimum absolute atomic E-state index is 0.00793. The molecule has 0 saturated carbocycles. The highest BCUT2D eigenvalue weighted by atomic mass is 32.2. The van der Waals surface area contributed by atoms with Crippen molar-refractivity contribution in [3.63, 3.8) is 0 Å². The van der Waals surface area contributed by atoms with E-state index in [0.29, 0.717) is 12.1 Å². The van der Waals surface area contributed by atoms with E-state index in [9.17, 15) is 34.8 Å². The predicted molar refractivity (Wildman–Crippen MR) is 130 cm³/mol. The molecule has 0 radical (unpaired) electrons. The fourth-order valence-corrected chi connectivity index (χ4v) is 4.05. The van der Waals surface area contributed by atoms with Gasteiger partial charge in [-0.15, -0.1) is 11.8 Å². The van der Waals surface area contributed by atoms with E-state index in [0.717, 1.165) is 5.75 Å². The number of carbonyl (C=O) groups excluding carboxylic acids is 2. The number of aliphatic hydroxyl groups is 3. The molecule has 0 aromatic heterocycles. The second-order valence-electron chi connectivity index (χ2n) is 8.05. The first kappa shape index (κ1) is 29.8. The van der Waals surface area contributed by atoms with E-state index >= 15 is 0 Å². The third kappa shape index (κ3) is 8.61. The van der Waals surface area contributed by atoms with Crippen LogP contribution in [0.3, 0.4) is 0 Å². The Morgan fingerprint density at radius 2 is 1.86 bits per heavy atom. The number of aliphatic carboxylic acids is 1. The zero-order chi connectivity index (χ0) is 26.8. The monoisotopic (exact) mass is 530 g/mol. The molecule has 1 aliphatic heterocycles. The second kappa shape index (κ2) is 14.4. The molecular weight excluding hydrogens is 496 g/mol. The molecule has 1 aliphatic rings. The molecule has 1 heterocycles. The summed E-state index contributed by atoms with van der Waals surface area (Å²) < 4.78 is 15.9. The number of benzene rings is 1. The van der Waals surface area contributed by atoms with Gasteiger partial charge in [0.2, 0.25) is 12.2 Å². The lowest BCUT2D eigenvalue weighted by Crippen LogP contribution is -2.61. The Labute approximate surface area is 213 Å². The lowest BCUT2D eigenvalue weighted by atomic mass is 9.99. The molecule has 1 unspecified atom stereocenters. The topological polar surface area (TPSA) is 184 Å². The molecule has 202 valence electrons. The number of thioether (sulfide) groups is 1. The maximum Gasteiger partial charge on any atom is 0.335 e. The summed E-state index contributed by atoms with van der Waals surface area (Å²) in [7, 11) is 0. The quantitative estimate of drug-likeness (QED) is 0.153. The third-order valence-electron chi connectivity index (χ3n) is 5.26. The highest BCUT2D eigenvalue weighted by Crippen LogP contribution is 2.31. The Bertz CT molecular complexity index is 902. The van der Waals surface area contributed by atoms with E-state index in [1.165, 1.54) is 12.1 Å². The Balaban J connectivity index is 2.19. The SMILES string of the molecule is CCSC(C)NCCC(=O)Nc1cc(COC(=O)CC)ccc1O[C@@H]1O[C@H](C(=O)O)[C@@H](O)[C@H](O)[C@H]1O. The van der Waals surface area contributed by atoms with Crippen molar-refractivity contribution in [3.05, 3.63) is 23.8 Å². The number of hydrogen-bond acceptors (Lipinski definition) is 11. The van der Waals surface area contributed by atoms with Crippen LogP contribution in [0.4, 0.5) is 5.69 Å². The van der Waals surface area contributed by atoms with Crippen LogP contribution in [-0.4, -0.2) is 86.6 Å². The van der Waals surface area contributed by atoms with Crippen LogP contribution < -0.4 is 15.4 Å². The summed E-state index contributed by atoms with van der Waals surface area (Å²) in [4.78, 5) is 35.5. The number of nitrogens with one attached hydrogen (secondary N) is 2. The van der Waals surface area contributed by atoms with Crippen LogP contribution in [0.15, 0.2) is 18.2 Å². The highest BCUT2D eigenvalue weighted by Gasteiger charge is 2.48. The number of carbonyl (C=O) groups is 3. The van der Waals surface area contributed by atoms with E-state index in [1.54, 1.807) is 24.8 Å². The predicted octanol–water partition coefficient (Wildman–Crippen LogP) is 0.428. The highest BCUT2D eigenvalue weighted by molar-refractivity contribution is 7.99. The number of aliphatic hydroxyl groups excluding tert-OH is 3. The number of hydrogen-bond donors (Lipinski definition) is 6. The molecule has 36 heavy (non-hydrogen) atoms. The minimum atomic E-state index is -1.87. The first-order valence-electron chi connectivity index (χ1n) is 11.6. The van der Waals surface area contributed by atoms with Crippen molar-refractivity contribution in [2.75, 3.05) is 17.6 Å². The third-order valence-corrected chi connectivity index (χ3v) is 6.26. The van der Waals surface area contributed by atoms with E-state index in [1.807, 2.05) is 13.8 Å². The molecule has 1 amide bonds. The smallest absolute Gasteiger partial charge is 0.335 e. The van der Waals surface area contributed by atoms with E-state index in [2.05, 4.69) is 10.6 Å². The first-order valence-corrected chi connectivity index (χ1v) is 12.6. The Kier molecular flexibility index (Phi) is 11.9. The van der Waals surface area contributed by atoms with Crippen LogP contribution in [0.5, 0.6) is 5.75 Å².